The fraction of sp³-hybridized carbons (Fsp3) is 0.409. The standard InChI is InChI=1S/C22H22ClN7O2/c1-30-7-6-12-18(27-16-11-4-2-10(3-5-11)15(16)22(31)32)28-19(29-21(12)30)13-8-24-20-17(13)26-14(23)9-25-20/h6-11,15-16H,2-5H2,1H3,(H,24,25)(H,31,32)(H,27,28,29)/t10?,11?,15-,16-/m0/s1. The van der Waals surface area contributed by atoms with Gasteiger partial charge in [-0.25, -0.2) is 19.9 Å². The van der Waals surface area contributed by atoms with Crippen LogP contribution in [0.2, 0.25) is 5.15 Å². The number of aromatic nitrogens is 6. The fourth-order valence-corrected chi connectivity index (χ4v) is 5.71. The van der Waals surface area contributed by atoms with E-state index in [4.69, 9.17) is 21.6 Å². The number of hydrogen-bond acceptors (Lipinski definition) is 6. The van der Waals surface area contributed by atoms with Crippen LogP contribution in [0.5, 0.6) is 0 Å². The van der Waals surface area contributed by atoms with Crippen LogP contribution in [0.4, 0.5) is 5.82 Å². The van der Waals surface area contributed by atoms with E-state index >= 15 is 0 Å². The number of aliphatic carboxylic acids is 1. The van der Waals surface area contributed by atoms with E-state index in [0.717, 1.165) is 36.7 Å². The highest BCUT2D eigenvalue weighted by Gasteiger charge is 2.47. The second kappa shape index (κ2) is 7.16. The molecule has 3 aliphatic rings. The van der Waals surface area contributed by atoms with Crippen LogP contribution in [-0.2, 0) is 11.8 Å². The summed E-state index contributed by atoms with van der Waals surface area (Å²) in [5.74, 6) is 0.551. The van der Waals surface area contributed by atoms with E-state index in [2.05, 4.69) is 20.3 Å². The van der Waals surface area contributed by atoms with Crippen LogP contribution >= 0.6 is 11.6 Å². The lowest BCUT2D eigenvalue weighted by Crippen LogP contribution is -2.51. The summed E-state index contributed by atoms with van der Waals surface area (Å²) in [6, 6.07) is 1.81. The Kier molecular flexibility index (Phi) is 4.36. The summed E-state index contributed by atoms with van der Waals surface area (Å²) in [6.07, 6.45) is 9.29. The summed E-state index contributed by atoms with van der Waals surface area (Å²) in [4.78, 5) is 33.5. The van der Waals surface area contributed by atoms with Gasteiger partial charge >= 0.3 is 5.97 Å². The van der Waals surface area contributed by atoms with Gasteiger partial charge in [-0.1, -0.05) is 11.6 Å². The van der Waals surface area contributed by atoms with E-state index in [1.54, 1.807) is 6.20 Å². The van der Waals surface area contributed by atoms with Gasteiger partial charge in [0.15, 0.2) is 11.5 Å². The number of aryl methyl sites for hydroxylation is 1. The van der Waals surface area contributed by atoms with Crippen molar-refractivity contribution in [1.29, 1.82) is 0 Å². The van der Waals surface area contributed by atoms with Crippen molar-refractivity contribution in [1.82, 2.24) is 29.5 Å². The zero-order chi connectivity index (χ0) is 22.0. The molecule has 2 atom stereocenters. The van der Waals surface area contributed by atoms with Gasteiger partial charge in [0.2, 0.25) is 0 Å². The van der Waals surface area contributed by atoms with E-state index in [0.29, 0.717) is 39.4 Å². The number of nitrogens with one attached hydrogen (secondary N) is 2. The number of halogens is 1. The largest absolute Gasteiger partial charge is 0.481 e. The number of carboxylic acids is 1. The van der Waals surface area contributed by atoms with Crippen molar-refractivity contribution < 1.29 is 9.90 Å². The fourth-order valence-electron chi connectivity index (χ4n) is 5.58. The normalized spacial score (nSPS) is 24.9. The highest BCUT2D eigenvalue weighted by Crippen LogP contribution is 2.46. The number of nitrogens with zero attached hydrogens (tertiary/aromatic N) is 5. The van der Waals surface area contributed by atoms with Gasteiger partial charge in [-0.2, -0.15) is 0 Å². The number of anilines is 1. The highest BCUT2D eigenvalue weighted by molar-refractivity contribution is 6.29. The molecule has 0 saturated heterocycles. The van der Waals surface area contributed by atoms with Crippen molar-refractivity contribution >= 4 is 45.6 Å². The zero-order valence-electron chi connectivity index (χ0n) is 17.4. The Morgan fingerprint density at radius 1 is 1.22 bits per heavy atom. The van der Waals surface area contributed by atoms with Gasteiger partial charge in [0.05, 0.1) is 23.1 Å². The van der Waals surface area contributed by atoms with Gasteiger partial charge in [0.25, 0.3) is 0 Å². The average molecular weight is 452 g/mol. The van der Waals surface area contributed by atoms with Crippen LogP contribution in [0, 0.1) is 17.8 Å². The van der Waals surface area contributed by atoms with Crippen LogP contribution in [-0.4, -0.2) is 46.6 Å². The predicted octanol–water partition coefficient (Wildman–Crippen LogP) is 3.86. The minimum absolute atomic E-state index is 0.150. The van der Waals surface area contributed by atoms with Crippen LogP contribution in [0.15, 0.2) is 24.7 Å². The van der Waals surface area contributed by atoms with E-state index in [1.807, 2.05) is 23.9 Å². The molecule has 9 nitrogen and oxygen atoms in total. The minimum Gasteiger partial charge on any atom is -0.481 e. The summed E-state index contributed by atoms with van der Waals surface area (Å²) in [5, 5.41) is 14.7. The molecule has 4 heterocycles. The first-order valence-corrected chi connectivity index (χ1v) is 11.2. The van der Waals surface area contributed by atoms with Gasteiger partial charge in [-0.05, 0) is 43.6 Å². The molecular formula is C22H22ClN7O2. The third kappa shape index (κ3) is 2.95. The maximum Gasteiger partial charge on any atom is 0.308 e. The molecule has 0 aromatic carbocycles. The molecule has 4 aromatic rings. The van der Waals surface area contributed by atoms with Crippen molar-refractivity contribution in [2.75, 3.05) is 5.32 Å². The molecule has 2 bridgehead atoms. The molecule has 4 aromatic heterocycles. The molecule has 0 spiro atoms. The zero-order valence-corrected chi connectivity index (χ0v) is 18.2. The van der Waals surface area contributed by atoms with Gasteiger partial charge in [0, 0.05) is 25.5 Å². The van der Waals surface area contributed by atoms with Crippen molar-refractivity contribution in [2.45, 2.75) is 31.7 Å². The quantitative estimate of drug-likeness (QED) is 0.430. The van der Waals surface area contributed by atoms with E-state index in [9.17, 15) is 9.90 Å². The molecule has 3 saturated carbocycles. The molecule has 0 unspecified atom stereocenters. The molecular weight excluding hydrogens is 430 g/mol. The van der Waals surface area contributed by atoms with Crippen LogP contribution < -0.4 is 5.32 Å². The maximum absolute atomic E-state index is 12.1. The number of aromatic amines is 1. The molecule has 3 aliphatic carbocycles. The topological polar surface area (TPSA) is 122 Å². The number of fused-ring (bicyclic) bond motifs is 5. The van der Waals surface area contributed by atoms with Crippen molar-refractivity contribution in [3.8, 4) is 11.4 Å². The maximum atomic E-state index is 12.1. The molecule has 3 N–H and O–H groups in total. The van der Waals surface area contributed by atoms with Crippen molar-refractivity contribution in [2.24, 2.45) is 24.8 Å². The van der Waals surface area contributed by atoms with Gasteiger partial charge in [-0.3, -0.25) is 4.79 Å². The van der Waals surface area contributed by atoms with Crippen LogP contribution in [0.3, 0.4) is 0 Å². The van der Waals surface area contributed by atoms with Gasteiger partial charge in [0.1, 0.15) is 22.1 Å². The summed E-state index contributed by atoms with van der Waals surface area (Å²) >= 11 is 6.08. The lowest BCUT2D eigenvalue weighted by atomic mass is 9.61. The number of hydrogen-bond donors (Lipinski definition) is 3. The van der Waals surface area contributed by atoms with Crippen molar-refractivity contribution in [3.05, 3.63) is 29.8 Å². The molecule has 10 heteroatoms. The van der Waals surface area contributed by atoms with E-state index in [1.165, 1.54) is 6.20 Å². The first kappa shape index (κ1) is 19.5. The SMILES string of the molecule is Cn1ccc2c(N[C@H]3C4CCC(CC4)[C@@H]3C(=O)O)nc(-c3c[nH]c4ncc(Cl)nc34)nc21. The van der Waals surface area contributed by atoms with E-state index < -0.39 is 11.9 Å². The lowest BCUT2D eigenvalue weighted by molar-refractivity contribution is -0.148. The number of carboxylic acid groups (broad SMARTS) is 1. The third-order valence-electron chi connectivity index (χ3n) is 7.12. The average Bonchev–Trinajstić information content (AvgIpc) is 3.37. The Labute approximate surface area is 188 Å². The first-order valence-electron chi connectivity index (χ1n) is 10.8. The van der Waals surface area contributed by atoms with Crippen LogP contribution in [0.1, 0.15) is 25.7 Å². The monoisotopic (exact) mass is 451 g/mol. The number of rotatable bonds is 4. The van der Waals surface area contributed by atoms with Gasteiger partial charge < -0.3 is 20.0 Å². The summed E-state index contributed by atoms with van der Waals surface area (Å²) in [7, 11) is 1.93. The smallest absolute Gasteiger partial charge is 0.308 e. The Morgan fingerprint density at radius 2 is 2.00 bits per heavy atom. The molecule has 7 rings (SSSR count). The first-order chi connectivity index (χ1) is 15.5. The van der Waals surface area contributed by atoms with Crippen LogP contribution in [0.25, 0.3) is 33.6 Å². The summed E-state index contributed by atoms with van der Waals surface area (Å²) in [5.41, 5.74) is 2.65. The summed E-state index contributed by atoms with van der Waals surface area (Å²) < 4.78 is 1.93. The molecule has 0 amide bonds. The minimum atomic E-state index is -0.725. The molecule has 32 heavy (non-hydrogen) atoms. The Morgan fingerprint density at radius 3 is 2.78 bits per heavy atom. The third-order valence-corrected chi connectivity index (χ3v) is 7.31. The lowest BCUT2D eigenvalue weighted by Gasteiger charge is -2.47. The Hall–Kier alpha value is -3.20. The second-order valence-corrected chi connectivity index (χ2v) is 9.25. The second-order valence-electron chi connectivity index (χ2n) is 8.86. The highest BCUT2D eigenvalue weighted by atomic mass is 35.5. The molecule has 0 radical (unpaired) electrons. The number of H-pyrrole nitrogens is 1. The molecule has 3 fully saturated rings. The predicted molar refractivity (Wildman–Crippen MR) is 120 cm³/mol. The number of carbonyl (C=O) groups is 1. The van der Waals surface area contributed by atoms with Gasteiger partial charge in [-0.15, -0.1) is 0 Å². The Bertz CT molecular complexity index is 1360. The van der Waals surface area contributed by atoms with Crippen molar-refractivity contribution in [3.63, 3.8) is 0 Å². The summed E-state index contributed by atoms with van der Waals surface area (Å²) in [6.45, 7) is 0. The molecule has 0 aliphatic heterocycles. The molecule has 164 valence electrons. The Balaban J connectivity index is 1.48. The van der Waals surface area contributed by atoms with E-state index in [-0.39, 0.29) is 12.0 Å².